The molecule has 2 aromatic rings. The number of urea groups is 1. The number of carbonyl (C=O) groups excluding carboxylic acids is 3. The van der Waals surface area contributed by atoms with Crippen LogP contribution in [0.5, 0.6) is 0 Å². The number of pyridine rings is 1. The molecule has 2 N–H and O–H groups in total. The number of benzene rings is 1. The van der Waals surface area contributed by atoms with E-state index in [0.717, 1.165) is 11.6 Å². The van der Waals surface area contributed by atoms with Crippen molar-refractivity contribution in [2.45, 2.75) is 38.7 Å². The maximum atomic E-state index is 13.7. The molecule has 1 aromatic carbocycles. The fourth-order valence-corrected chi connectivity index (χ4v) is 4.38. The van der Waals surface area contributed by atoms with Crippen molar-refractivity contribution in [2.75, 3.05) is 13.1 Å². The van der Waals surface area contributed by atoms with Gasteiger partial charge in [-0.2, -0.15) is 13.2 Å². The lowest BCUT2D eigenvalue weighted by atomic mass is 9.91. The molecule has 0 saturated carbocycles. The lowest BCUT2D eigenvalue weighted by molar-refractivity contribution is -0.138. The lowest BCUT2D eigenvalue weighted by Gasteiger charge is -2.33. The highest BCUT2D eigenvalue weighted by Gasteiger charge is 2.47. The molecule has 8 nitrogen and oxygen atoms in total. The summed E-state index contributed by atoms with van der Waals surface area (Å²) in [7, 11) is 0. The number of nitrogens with one attached hydrogen (secondary N) is 2. The van der Waals surface area contributed by atoms with Crippen LogP contribution >= 0.6 is 0 Å². The molecule has 4 amide bonds. The maximum absolute atomic E-state index is 13.7. The fraction of sp³-hybridized carbons (Fsp3) is 0.333. The van der Waals surface area contributed by atoms with Crippen LogP contribution in [0.15, 0.2) is 60.1 Å². The molecule has 11 heteroatoms. The summed E-state index contributed by atoms with van der Waals surface area (Å²) < 4.78 is 41.2. The van der Waals surface area contributed by atoms with E-state index in [9.17, 15) is 27.6 Å². The van der Waals surface area contributed by atoms with E-state index in [1.807, 2.05) is 0 Å². The Morgan fingerprint density at radius 3 is 2.63 bits per heavy atom. The second-order valence-corrected chi connectivity index (χ2v) is 8.26. The van der Waals surface area contributed by atoms with Gasteiger partial charge in [-0.3, -0.25) is 19.5 Å². The van der Waals surface area contributed by atoms with Crippen LogP contribution in [-0.2, 0) is 22.3 Å². The van der Waals surface area contributed by atoms with Gasteiger partial charge in [0.25, 0.3) is 5.91 Å². The molecule has 184 valence electrons. The van der Waals surface area contributed by atoms with Crippen molar-refractivity contribution >= 4 is 17.8 Å². The topological polar surface area (TPSA) is 94.6 Å². The van der Waals surface area contributed by atoms with Gasteiger partial charge >= 0.3 is 12.2 Å². The van der Waals surface area contributed by atoms with E-state index in [4.69, 9.17) is 0 Å². The van der Waals surface area contributed by atoms with E-state index in [1.54, 1.807) is 38.4 Å². The van der Waals surface area contributed by atoms with Crippen molar-refractivity contribution in [2.24, 2.45) is 0 Å². The average molecular weight is 487 g/mol. The standard InChI is InChI=1S/C24H24F3N5O3/c1-3-31-18-13-32(14(2)21(33)29-12-15-7-6-10-28-11-15)22(34)19(18)20(30-23(31)35)16-8-4-5-9-17(16)24(25,26)27/h4-11,14,20H,3,12-13H2,1-2H3,(H,29,33)(H,30,35)/t14-,20-/m0/s1. The molecule has 2 aliphatic rings. The number of aromatic nitrogens is 1. The van der Waals surface area contributed by atoms with E-state index in [2.05, 4.69) is 15.6 Å². The molecule has 35 heavy (non-hydrogen) atoms. The van der Waals surface area contributed by atoms with Gasteiger partial charge in [-0.25, -0.2) is 4.79 Å². The Kier molecular flexibility index (Phi) is 6.51. The Labute approximate surface area is 199 Å². The summed E-state index contributed by atoms with van der Waals surface area (Å²) in [5.74, 6) is -1.03. The van der Waals surface area contributed by atoms with E-state index in [0.29, 0.717) is 5.70 Å². The minimum absolute atomic E-state index is 0.0371. The largest absolute Gasteiger partial charge is 0.416 e. The number of carbonyl (C=O) groups is 3. The van der Waals surface area contributed by atoms with Gasteiger partial charge in [-0.1, -0.05) is 24.3 Å². The summed E-state index contributed by atoms with van der Waals surface area (Å²) in [6.45, 7) is 3.59. The summed E-state index contributed by atoms with van der Waals surface area (Å²) in [4.78, 5) is 45.7. The SMILES string of the molecule is CCN1C(=O)N[C@@H](c2ccccc2C(F)(F)F)C2=C1CN([C@@H](C)C(=O)NCc1cccnc1)C2=O. The van der Waals surface area contributed by atoms with E-state index in [-0.39, 0.29) is 30.8 Å². The van der Waals surface area contributed by atoms with Gasteiger partial charge in [0.2, 0.25) is 5.91 Å². The highest BCUT2D eigenvalue weighted by molar-refractivity contribution is 6.03. The predicted octanol–water partition coefficient (Wildman–Crippen LogP) is 2.99. The first kappa shape index (κ1) is 24.2. The first-order chi connectivity index (χ1) is 16.6. The number of likely N-dealkylation sites (N-methyl/N-ethyl adjacent to an activating group) is 1. The first-order valence-electron chi connectivity index (χ1n) is 11.1. The van der Waals surface area contributed by atoms with Crippen LogP contribution in [0.4, 0.5) is 18.0 Å². The summed E-state index contributed by atoms with van der Waals surface area (Å²) in [5.41, 5.74) is -0.0460. The van der Waals surface area contributed by atoms with Crippen molar-refractivity contribution in [3.8, 4) is 0 Å². The van der Waals surface area contributed by atoms with Crippen molar-refractivity contribution < 1.29 is 27.6 Å². The summed E-state index contributed by atoms with van der Waals surface area (Å²) in [6.07, 6.45) is -1.47. The molecular formula is C24H24F3N5O3. The Balaban J connectivity index is 1.63. The number of hydrogen-bond donors (Lipinski definition) is 2. The molecule has 1 aromatic heterocycles. The molecule has 0 fully saturated rings. The number of rotatable bonds is 6. The average Bonchev–Trinajstić information content (AvgIpc) is 3.18. The van der Waals surface area contributed by atoms with E-state index >= 15 is 0 Å². The quantitative estimate of drug-likeness (QED) is 0.655. The minimum Gasteiger partial charge on any atom is -0.350 e. The summed E-state index contributed by atoms with van der Waals surface area (Å²) >= 11 is 0. The van der Waals surface area contributed by atoms with Crippen LogP contribution in [0, 0.1) is 0 Å². The molecule has 2 aliphatic heterocycles. The molecule has 0 radical (unpaired) electrons. The monoisotopic (exact) mass is 487 g/mol. The van der Waals surface area contributed by atoms with E-state index < -0.39 is 41.7 Å². The fourth-order valence-electron chi connectivity index (χ4n) is 4.38. The number of nitrogens with zero attached hydrogens (tertiary/aromatic N) is 3. The summed E-state index contributed by atoms with van der Waals surface area (Å²) in [5, 5.41) is 5.30. The van der Waals surface area contributed by atoms with Gasteiger partial charge in [-0.05, 0) is 37.1 Å². The Hall–Kier alpha value is -3.89. The Morgan fingerprint density at radius 2 is 1.97 bits per heavy atom. The molecule has 0 bridgehead atoms. The summed E-state index contributed by atoms with van der Waals surface area (Å²) in [6, 6.07) is 5.55. The molecule has 0 unspecified atom stereocenters. The number of hydrogen-bond acceptors (Lipinski definition) is 4. The van der Waals surface area contributed by atoms with Crippen LogP contribution in [0.25, 0.3) is 0 Å². The van der Waals surface area contributed by atoms with Crippen LogP contribution in [0.2, 0.25) is 0 Å². The normalized spacial score (nSPS) is 18.9. The third kappa shape index (κ3) is 4.58. The molecule has 0 aliphatic carbocycles. The number of amides is 4. The Morgan fingerprint density at radius 1 is 1.23 bits per heavy atom. The van der Waals surface area contributed by atoms with Crippen molar-refractivity contribution in [3.05, 3.63) is 76.8 Å². The predicted molar refractivity (Wildman–Crippen MR) is 119 cm³/mol. The van der Waals surface area contributed by atoms with Crippen molar-refractivity contribution in [3.63, 3.8) is 0 Å². The van der Waals surface area contributed by atoms with Crippen LogP contribution in [0.3, 0.4) is 0 Å². The van der Waals surface area contributed by atoms with Crippen molar-refractivity contribution in [1.82, 2.24) is 25.4 Å². The highest BCUT2D eigenvalue weighted by Crippen LogP contribution is 2.41. The lowest BCUT2D eigenvalue weighted by Crippen LogP contribution is -2.47. The second kappa shape index (κ2) is 9.40. The smallest absolute Gasteiger partial charge is 0.350 e. The highest BCUT2D eigenvalue weighted by atomic mass is 19.4. The molecule has 3 heterocycles. The number of halogens is 3. The van der Waals surface area contributed by atoms with Gasteiger partial charge in [-0.15, -0.1) is 0 Å². The maximum Gasteiger partial charge on any atom is 0.416 e. The van der Waals surface area contributed by atoms with Gasteiger partial charge in [0.1, 0.15) is 6.04 Å². The first-order valence-corrected chi connectivity index (χ1v) is 11.1. The molecule has 0 saturated heterocycles. The third-order valence-electron chi connectivity index (χ3n) is 6.18. The number of alkyl halides is 3. The molecule has 2 atom stereocenters. The van der Waals surface area contributed by atoms with Gasteiger partial charge in [0, 0.05) is 25.5 Å². The van der Waals surface area contributed by atoms with Gasteiger partial charge < -0.3 is 15.5 Å². The third-order valence-corrected chi connectivity index (χ3v) is 6.18. The molecule has 0 spiro atoms. The van der Waals surface area contributed by atoms with Crippen LogP contribution in [0.1, 0.15) is 36.6 Å². The van der Waals surface area contributed by atoms with Gasteiger partial charge in [0.15, 0.2) is 0 Å². The zero-order chi connectivity index (χ0) is 25.3. The molecular weight excluding hydrogens is 463 g/mol. The van der Waals surface area contributed by atoms with Crippen molar-refractivity contribution in [1.29, 1.82) is 0 Å². The van der Waals surface area contributed by atoms with Gasteiger partial charge in [0.05, 0.1) is 29.4 Å². The van der Waals surface area contributed by atoms with Crippen LogP contribution < -0.4 is 10.6 Å². The zero-order valence-electron chi connectivity index (χ0n) is 19.1. The minimum atomic E-state index is -4.68. The Bertz CT molecular complexity index is 1180. The zero-order valence-corrected chi connectivity index (χ0v) is 19.1. The second-order valence-electron chi connectivity index (χ2n) is 8.26. The van der Waals surface area contributed by atoms with E-state index in [1.165, 1.54) is 28.0 Å². The van der Waals surface area contributed by atoms with Crippen LogP contribution in [-0.4, -0.2) is 51.8 Å². The molecule has 4 rings (SSSR count).